The van der Waals surface area contributed by atoms with E-state index in [9.17, 15) is 4.79 Å². The number of ketones is 1. The zero-order valence-electron chi connectivity index (χ0n) is 14.2. The molecule has 2 saturated heterocycles. The number of carbonyl (C=O) groups excluding carboxylic acids is 1. The Morgan fingerprint density at radius 1 is 1.22 bits per heavy atom. The molecule has 3 heteroatoms. The Labute approximate surface area is 139 Å². The molecule has 4 unspecified atom stereocenters. The van der Waals surface area contributed by atoms with Gasteiger partial charge in [0.1, 0.15) is 5.78 Å². The third-order valence-electron chi connectivity index (χ3n) is 6.56. The number of fused-ring (bicyclic) bond motifs is 3. The van der Waals surface area contributed by atoms with E-state index >= 15 is 0 Å². The molecule has 4 rings (SSSR count). The summed E-state index contributed by atoms with van der Waals surface area (Å²) in [4.78, 5) is 19.4. The molecule has 3 fully saturated rings. The van der Waals surface area contributed by atoms with Gasteiger partial charge in [0.15, 0.2) is 0 Å². The SMILES string of the molecule is CC1CC(=O)CC2(Cc3ccncc3)CCC3CCCCC3N12. The average Bonchev–Trinajstić information content (AvgIpc) is 2.54. The van der Waals surface area contributed by atoms with Crippen molar-refractivity contribution in [3.8, 4) is 0 Å². The van der Waals surface area contributed by atoms with Crippen LogP contribution in [0.5, 0.6) is 0 Å². The third-order valence-corrected chi connectivity index (χ3v) is 6.56. The maximum Gasteiger partial charge on any atom is 0.136 e. The van der Waals surface area contributed by atoms with Crippen molar-refractivity contribution in [3.63, 3.8) is 0 Å². The summed E-state index contributed by atoms with van der Waals surface area (Å²) in [6.07, 6.45) is 14.3. The van der Waals surface area contributed by atoms with E-state index in [-0.39, 0.29) is 5.54 Å². The monoisotopic (exact) mass is 312 g/mol. The number of Topliss-reactive ketones (excluding diaryl/α,β-unsaturated/α-hetero) is 1. The normalized spacial score (nSPS) is 38.0. The highest BCUT2D eigenvalue weighted by Gasteiger charge is 2.52. The van der Waals surface area contributed by atoms with Crippen LogP contribution in [0.3, 0.4) is 0 Å². The predicted molar refractivity (Wildman–Crippen MR) is 91.2 cm³/mol. The zero-order chi connectivity index (χ0) is 15.9. The number of rotatable bonds is 2. The summed E-state index contributed by atoms with van der Waals surface area (Å²) in [6.45, 7) is 2.29. The summed E-state index contributed by atoms with van der Waals surface area (Å²) in [6, 6.07) is 5.37. The topological polar surface area (TPSA) is 33.2 Å². The summed E-state index contributed by atoms with van der Waals surface area (Å²) in [5, 5.41) is 0. The first-order valence-corrected chi connectivity index (χ1v) is 9.37. The molecular weight excluding hydrogens is 284 g/mol. The molecular formula is C20H28N2O. The van der Waals surface area contributed by atoms with Gasteiger partial charge in [0.2, 0.25) is 0 Å². The van der Waals surface area contributed by atoms with Gasteiger partial charge in [-0.3, -0.25) is 14.7 Å². The third kappa shape index (κ3) is 2.73. The minimum absolute atomic E-state index is 0.0641. The minimum atomic E-state index is 0.0641. The molecule has 0 radical (unpaired) electrons. The van der Waals surface area contributed by atoms with Crippen LogP contribution in [-0.2, 0) is 11.2 Å². The average molecular weight is 312 g/mol. The molecule has 0 aromatic carbocycles. The molecule has 1 saturated carbocycles. The molecule has 3 aliphatic rings. The molecule has 1 aromatic rings. The molecule has 4 atom stereocenters. The fraction of sp³-hybridized carbons (Fsp3) is 0.700. The lowest BCUT2D eigenvalue weighted by Crippen LogP contribution is -2.67. The number of carbonyl (C=O) groups is 1. The summed E-state index contributed by atoms with van der Waals surface area (Å²) in [5.41, 5.74) is 1.40. The van der Waals surface area contributed by atoms with Gasteiger partial charge >= 0.3 is 0 Å². The van der Waals surface area contributed by atoms with Crippen LogP contribution >= 0.6 is 0 Å². The van der Waals surface area contributed by atoms with Crippen LogP contribution in [0.15, 0.2) is 24.5 Å². The van der Waals surface area contributed by atoms with E-state index in [0.29, 0.717) is 17.9 Å². The Balaban J connectivity index is 1.69. The first-order chi connectivity index (χ1) is 11.2. The van der Waals surface area contributed by atoms with Crippen molar-refractivity contribution in [2.24, 2.45) is 5.92 Å². The molecule has 23 heavy (non-hydrogen) atoms. The van der Waals surface area contributed by atoms with Gasteiger partial charge in [-0.15, -0.1) is 0 Å². The smallest absolute Gasteiger partial charge is 0.136 e. The molecule has 1 aliphatic carbocycles. The van der Waals surface area contributed by atoms with Crippen LogP contribution in [-0.4, -0.2) is 33.3 Å². The second-order valence-electron chi connectivity index (χ2n) is 8.08. The Morgan fingerprint density at radius 2 is 2.00 bits per heavy atom. The fourth-order valence-electron chi connectivity index (χ4n) is 5.79. The van der Waals surface area contributed by atoms with Crippen molar-refractivity contribution >= 4 is 5.78 Å². The van der Waals surface area contributed by atoms with Gasteiger partial charge < -0.3 is 0 Å². The Morgan fingerprint density at radius 3 is 2.83 bits per heavy atom. The molecule has 0 bridgehead atoms. The Bertz CT molecular complexity index is 572. The van der Waals surface area contributed by atoms with Crippen molar-refractivity contribution in [2.45, 2.75) is 82.3 Å². The standard InChI is InChI=1S/C20H28N2O/c1-15-12-18(23)14-20(13-16-7-10-21-11-8-16)9-6-17-4-2-3-5-19(17)22(15)20/h7-8,10-11,15,17,19H,2-6,9,12-14H2,1H3. The molecule has 0 spiro atoms. The van der Waals surface area contributed by atoms with Crippen LogP contribution in [0.1, 0.15) is 63.9 Å². The van der Waals surface area contributed by atoms with Gasteiger partial charge in [0.05, 0.1) is 0 Å². The van der Waals surface area contributed by atoms with E-state index in [1.807, 2.05) is 12.4 Å². The summed E-state index contributed by atoms with van der Waals surface area (Å²) in [7, 11) is 0. The molecule has 0 N–H and O–H groups in total. The van der Waals surface area contributed by atoms with Crippen molar-refractivity contribution in [1.82, 2.24) is 9.88 Å². The van der Waals surface area contributed by atoms with Crippen molar-refractivity contribution in [3.05, 3.63) is 30.1 Å². The zero-order valence-corrected chi connectivity index (χ0v) is 14.2. The van der Waals surface area contributed by atoms with Gasteiger partial charge in [0.25, 0.3) is 0 Å². The molecule has 2 aliphatic heterocycles. The highest BCUT2D eigenvalue weighted by molar-refractivity contribution is 5.81. The van der Waals surface area contributed by atoms with Crippen LogP contribution in [0, 0.1) is 5.92 Å². The largest absolute Gasteiger partial charge is 0.300 e. The van der Waals surface area contributed by atoms with E-state index in [2.05, 4.69) is 28.9 Å². The van der Waals surface area contributed by atoms with Gasteiger partial charge in [-0.1, -0.05) is 12.8 Å². The number of hydrogen-bond acceptors (Lipinski definition) is 3. The van der Waals surface area contributed by atoms with Crippen LogP contribution < -0.4 is 0 Å². The van der Waals surface area contributed by atoms with E-state index in [0.717, 1.165) is 25.2 Å². The summed E-state index contributed by atoms with van der Waals surface area (Å²) < 4.78 is 0. The van der Waals surface area contributed by atoms with Crippen LogP contribution in [0.25, 0.3) is 0 Å². The highest BCUT2D eigenvalue weighted by Crippen LogP contribution is 2.48. The Hall–Kier alpha value is -1.22. The number of hydrogen-bond donors (Lipinski definition) is 0. The van der Waals surface area contributed by atoms with Gasteiger partial charge in [-0.25, -0.2) is 0 Å². The number of pyridine rings is 1. The second-order valence-corrected chi connectivity index (χ2v) is 8.08. The lowest BCUT2D eigenvalue weighted by molar-refractivity contribution is -0.142. The highest BCUT2D eigenvalue weighted by atomic mass is 16.1. The molecule has 124 valence electrons. The van der Waals surface area contributed by atoms with Crippen molar-refractivity contribution in [2.75, 3.05) is 0 Å². The quantitative estimate of drug-likeness (QED) is 0.833. The van der Waals surface area contributed by atoms with Gasteiger partial charge in [-0.2, -0.15) is 0 Å². The number of aromatic nitrogens is 1. The maximum absolute atomic E-state index is 12.4. The van der Waals surface area contributed by atoms with E-state index in [1.54, 1.807) is 0 Å². The molecule has 0 amide bonds. The van der Waals surface area contributed by atoms with E-state index in [1.165, 1.54) is 44.1 Å². The lowest BCUT2D eigenvalue weighted by atomic mass is 9.65. The van der Waals surface area contributed by atoms with Crippen molar-refractivity contribution in [1.29, 1.82) is 0 Å². The van der Waals surface area contributed by atoms with Gasteiger partial charge in [0, 0.05) is 42.9 Å². The first-order valence-electron chi connectivity index (χ1n) is 9.37. The molecule has 1 aromatic heterocycles. The second kappa shape index (κ2) is 6.01. The Kier molecular flexibility index (Phi) is 4.00. The first kappa shape index (κ1) is 15.3. The van der Waals surface area contributed by atoms with E-state index in [4.69, 9.17) is 0 Å². The minimum Gasteiger partial charge on any atom is -0.300 e. The van der Waals surface area contributed by atoms with Crippen molar-refractivity contribution < 1.29 is 4.79 Å². The molecule has 3 heterocycles. The number of piperidine rings is 2. The van der Waals surface area contributed by atoms with Crippen LogP contribution in [0.4, 0.5) is 0 Å². The van der Waals surface area contributed by atoms with E-state index < -0.39 is 0 Å². The molecule has 3 nitrogen and oxygen atoms in total. The fourth-order valence-corrected chi connectivity index (χ4v) is 5.79. The number of nitrogens with zero attached hydrogens (tertiary/aromatic N) is 2. The lowest BCUT2D eigenvalue weighted by Gasteiger charge is -2.60. The maximum atomic E-state index is 12.4. The summed E-state index contributed by atoms with van der Waals surface area (Å²) in [5.74, 6) is 1.34. The van der Waals surface area contributed by atoms with Crippen LogP contribution in [0.2, 0.25) is 0 Å². The summed E-state index contributed by atoms with van der Waals surface area (Å²) >= 11 is 0. The van der Waals surface area contributed by atoms with Gasteiger partial charge in [-0.05, 0) is 62.6 Å². The predicted octanol–water partition coefficient (Wildman–Crippen LogP) is 3.77.